The lowest BCUT2D eigenvalue weighted by atomic mass is 9.98. The van der Waals surface area contributed by atoms with Crippen LogP contribution >= 0.6 is 0 Å². The summed E-state index contributed by atoms with van der Waals surface area (Å²) < 4.78 is 4.60. The Morgan fingerprint density at radius 3 is 2.86 bits per heavy atom. The van der Waals surface area contributed by atoms with E-state index in [9.17, 15) is 14.7 Å². The number of nitrogens with zero attached hydrogens (tertiary/aromatic N) is 1. The summed E-state index contributed by atoms with van der Waals surface area (Å²) in [6, 6.07) is 9.89. The highest BCUT2D eigenvalue weighted by molar-refractivity contribution is 5.77. The molecule has 1 heterocycles. The van der Waals surface area contributed by atoms with E-state index < -0.39 is 0 Å². The maximum absolute atomic E-state index is 12.3. The molecule has 1 aromatic rings. The molecule has 1 N–H and O–H groups in total. The molecule has 1 aliphatic heterocycles. The number of rotatable bonds is 8. The van der Waals surface area contributed by atoms with Crippen LogP contribution in [0, 0.1) is 11.8 Å². The van der Waals surface area contributed by atoms with Crippen LogP contribution in [0.2, 0.25) is 0 Å². The summed E-state index contributed by atoms with van der Waals surface area (Å²) in [4.78, 5) is 25.2. The van der Waals surface area contributed by atoms with Crippen LogP contribution in [0.15, 0.2) is 42.2 Å². The second kappa shape index (κ2) is 11.9. The van der Waals surface area contributed by atoms with Gasteiger partial charge in [0.15, 0.2) is 0 Å². The molecule has 0 aromatic heterocycles. The Balaban J connectivity index is 1.85. The molecule has 0 saturated carbocycles. The van der Waals surface area contributed by atoms with E-state index in [1.165, 1.54) is 7.11 Å². The van der Waals surface area contributed by atoms with Gasteiger partial charge in [0.1, 0.15) is 0 Å². The predicted octanol–water partition coefficient (Wildman–Crippen LogP) is 3.79. The smallest absolute Gasteiger partial charge is 0.305 e. The van der Waals surface area contributed by atoms with Crippen molar-refractivity contribution in [2.45, 2.75) is 57.4 Å². The van der Waals surface area contributed by atoms with Crippen molar-refractivity contribution >= 4 is 11.9 Å². The number of hydrogen-bond acceptors (Lipinski definition) is 4. The Morgan fingerprint density at radius 1 is 1.32 bits per heavy atom. The fourth-order valence-corrected chi connectivity index (χ4v) is 3.26. The van der Waals surface area contributed by atoms with E-state index in [-0.39, 0.29) is 17.9 Å². The van der Waals surface area contributed by atoms with E-state index in [1.54, 1.807) is 0 Å². The fourth-order valence-electron chi connectivity index (χ4n) is 3.26. The summed E-state index contributed by atoms with van der Waals surface area (Å²) in [6.45, 7) is 0.398. The molecule has 1 aromatic carbocycles. The first-order chi connectivity index (χ1) is 13.6. The second-order valence-electron chi connectivity index (χ2n) is 6.94. The van der Waals surface area contributed by atoms with Crippen molar-refractivity contribution in [1.82, 2.24) is 4.90 Å². The minimum absolute atomic E-state index is 0.0727. The van der Waals surface area contributed by atoms with Gasteiger partial charge in [-0.05, 0) is 37.3 Å². The third-order valence-corrected chi connectivity index (χ3v) is 4.83. The summed E-state index contributed by atoms with van der Waals surface area (Å²) in [7, 11) is 1.38. The fraction of sp³-hybridized carbons (Fsp3) is 0.478. The molecular weight excluding hydrogens is 354 g/mol. The largest absolute Gasteiger partial charge is 0.512 e. The zero-order valence-corrected chi connectivity index (χ0v) is 16.5. The Kier molecular flexibility index (Phi) is 9.14. The molecule has 150 valence electrons. The number of allylic oxidation sites excluding steroid dienone is 1. The minimum Gasteiger partial charge on any atom is -0.512 e. The number of methoxy groups -OCH3 is 1. The van der Waals surface area contributed by atoms with Gasteiger partial charge < -0.3 is 14.7 Å². The second-order valence-corrected chi connectivity index (χ2v) is 6.94. The predicted molar refractivity (Wildman–Crippen MR) is 108 cm³/mol. The molecule has 0 spiro atoms. The van der Waals surface area contributed by atoms with Crippen molar-refractivity contribution in [3.05, 3.63) is 47.7 Å². The lowest BCUT2D eigenvalue weighted by molar-refractivity contribution is -0.140. The number of aliphatic hydroxyl groups excluding tert-OH is 1. The zero-order valence-electron chi connectivity index (χ0n) is 16.5. The number of aliphatic hydroxyl groups is 1. The number of likely N-dealkylation sites (tertiary alicyclic amines) is 1. The maximum Gasteiger partial charge on any atom is 0.305 e. The third-order valence-electron chi connectivity index (χ3n) is 4.83. The van der Waals surface area contributed by atoms with Crippen molar-refractivity contribution < 1.29 is 19.4 Å². The average molecular weight is 383 g/mol. The minimum atomic E-state index is -0.227. The molecular formula is C23H29NO4. The molecule has 5 nitrogen and oxygen atoms in total. The number of benzene rings is 1. The third kappa shape index (κ3) is 7.48. The molecule has 28 heavy (non-hydrogen) atoms. The Labute approximate surface area is 167 Å². The monoisotopic (exact) mass is 383 g/mol. The van der Waals surface area contributed by atoms with Gasteiger partial charge in [0.2, 0.25) is 5.91 Å². The Bertz CT molecular complexity index is 730. The van der Waals surface area contributed by atoms with Crippen LogP contribution in [0.1, 0.15) is 50.5 Å². The van der Waals surface area contributed by atoms with Crippen LogP contribution in [0.4, 0.5) is 0 Å². The molecule has 1 saturated heterocycles. The highest BCUT2D eigenvalue weighted by Gasteiger charge is 2.26. The van der Waals surface area contributed by atoms with Gasteiger partial charge in [-0.25, -0.2) is 0 Å². The molecule has 0 bridgehead atoms. The van der Waals surface area contributed by atoms with Crippen molar-refractivity contribution in [3.8, 4) is 11.8 Å². The van der Waals surface area contributed by atoms with Crippen molar-refractivity contribution in [2.75, 3.05) is 13.7 Å². The molecule has 2 rings (SSSR count). The standard InChI is InChI=1S/C23H29NO4/c1-28-23(27)14-7-2-3-8-17-24-20(12-9-13-22(24)26)15-16-21(25)18-19-10-5-4-6-11-19/h4-6,10-11,16,20,25H,2,7,9,12-15,17-18H2,1H3/b21-16-/t20-/m1/s1. The SMILES string of the molecule is COC(=O)CCCC#CCN1C(=O)CCC[C@@H]1C/C=C(\O)Cc1ccccc1. The lowest BCUT2D eigenvalue weighted by Gasteiger charge is -2.33. The quantitative estimate of drug-likeness (QED) is 0.321. The van der Waals surface area contributed by atoms with E-state index in [0.29, 0.717) is 50.8 Å². The maximum atomic E-state index is 12.3. The van der Waals surface area contributed by atoms with Gasteiger partial charge in [-0.15, -0.1) is 5.92 Å². The van der Waals surface area contributed by atoms with Gasteiger partial charge in [0.25, 0.3) is 0 Å². The lowest BCUT2D eigenvalue weighted by Crippen LogP contribution is -2.43. The average Bonchev–Trinajstić information content (AvgIpc) is 2.70. The van der Waals surface area contributed by atoms with Gasteiger partial charge in [-0.2, -0.15) is 0 Å². The van der Waals surface area contributed by atoms with Gasteiger partial charge in [0.05, 0.1) is 19.4 Å². The molecule has 1 aliphatic rings. The van der Waals surface area contributed by atoms with Crippen LogP contribution in [0.5, 0.6) is 0 Å². The number of unbranched alkanes of at least 4 members (excludes halogenated alkanes) is 1. The summed E-state index contributed by atoms with van der Waals surface area (Å²) >= 11 is 0. The highest BCUT2D eigenvalue weighted by Crippen LogP contribution is 2.21. The number of carbonyl (C=O) groups excluding carboxylic acids is 2. The Hall–Kier alpha value is -2.74. The first-order valence-electron chi connectivity index (χ1n) is 9.84. The van der Waals surface area contributed by atoms with Crippen LogP contribution < -0.4 is 0 Å². The van der Waals surface area contributed by atoms with Crippen LogP contribution in [0.3, 0.4) is 0 Å². The zero-order chi connectivity index (χ0) is 20.2. The van der Waals surface area contributed by atoms with E-state index in [0.717, 1.165) is 18.4 Å². The summed E-state index contributed by atoms with van der Waals surface area (Å²) in [5.74, 6) is 6.32. The van der Waals surface area contributed by atoms with Gasteiger partial charge in [-0.1, -0.05) is 36.3 Å². The van der Waals surface area contributed by atoms with E-state index in [2.05, 4.69) is 16.6 Å². The number of ether oxygens (including phenoxy) is 1. The first-order valence-corrected chi connectivity index (χ1v) is 9.84. The van der Waals surface area contributed by atoms with E-state index >= 15 is 0 Å². The Morgan fingerprint density at radius 2 is 2.11 bits per heavy atom. The molecule has 1 atom stereocenters. The number of carbonyl (C=O) groups is 2. The molecule has 1 fully saturated rings. The van der Waals surface area contributed by atoms with Crippen molar-refractivity contribution in [2.24, 2.45) is 0 Å². The van der Waals surface area contributed by atoms with E-state index in [1.807, 2.05) is 41.3 Å². The number of amides is 1. The highest BCUT2D eigenvalue weighted by atomic mass is 16.5. The summed E-state index contributed by atoms with van der Waals surface area (Å²) in [5, 5.41) is 10.2. The number of piperidine rings is 1. The number of hydrogen-bond donors (Lipinski definition) is 1. The molecule has 1 amide bonds. The van der Waals surface area contributed by atoms with Gasteiger partial charge in [0, 0.05) is 31.7 Å². The summed E-state index contributed by atoms with van der Waals surface area (Å²) in [5.41, 5.74) is 1.06. The molecule has 0 unspecified atom stereocenters. The van der Waals surface area contributed by atoms with Gasteiger partial charge >= 0.3 is 5.97 Å². The normalized spacial score (nSPS) is 17.0. The molecule has 0 radical (unpaired) electrons. The first kappa shape index (κ1) is 21.6. The van der Waals surface area contributed by atoms with Crippen LogP contribution in [-0.4, -0.2) is 41.6 Å². The van der Waals surface area contributed by atoms with Crippen LogP contribution in [0.25, 0.3) is 0 Å². The molecule has 0 aliphatic carbocycles. The molecule has 5 heteroatoms. The van der Waals surface area contributed by atoms with Crippen LogP contribution in [-0.2, 0) is 20.7 Å². The van der Waals surface area contributed by atoms with Gasteiger partial charge in [-0.3, -0.25) is 9.59 Å². The topological polar surface area (TPSA) is 66.8 Å². The number of esters is 1. The van der Waals surface area contributed by atoms with Crippen molar-refractivity contribution in [3.63, 3.8) is 0 Å². The summed E-state index contributed by atoms with van der Waals surface area (Å²) in [6.07, 6.45) is 6.95. The van der Waals surface area contributed by atoms with E-state index in [4.69, 9.17) is 0 Å². The van der Waals surface area contributed by atoms with Crippen molar-refractivity contribution in [1.29, 1.82) is 0 Å².